The van der Waals surface area contributed by atoms with Crippen LogP contribution in [-0.4, -0.2) is 43.9 Å². The number of rotatable bonds is 5. The summed E-state index contributed by atoms with van der Waals surface area (Å²) in [5.41, 5.74) is 6.74. The van der Waals surface area contributed by atoms with Gasteiger partial charge in [-0.05, 0) is 6.07 Å². The lowest BCUT2D eigenvalue weighted by Gasteiger charge is -1.98. The number of sulfonamides is 1. The highest BCUT2D eigenvalue weighted by atomic mass is 32.2. The van der Waals surface area contributed by atoms with Crippen molar-refractivity contribution in [2.24, 2.45) is 10.1 Å². The molecule has 0 radical (unpaired) electrons. The Morgan fingerprint density at radius 3 is 2.90 bits per heavy atom. The molecule has 110 valence electrons. The van der Waals surface area contributed by atoms with Gasteiger partial charge in [-0.3, -0.25) is 4.68 Å². The van der Waals surface area contributed by atoms with Gasteiger partial charge >= 0.3 is 10.0 Å². The van der Waals surface area contributed by atoms with Crippen LogP contribution >= 0.6 is 0 Å². The summed E-state index contributed by atoms with van der Waals surface area (Å²) in [5.74, 6) is 0. The van der Waals surface area contributed by atoms with E-state index in [-0.39, 0.29) is 5.03 Å². The number of nitrogens with one attached hydrogen (secondary N) is 1. The second-order valence-electron chi connectivity index (χ2n) is 4.13. The van der Waals surface area contributed by atoms with Crippen molar-refractivity contribution >= 4 is 16.2 Å². The number of nitrogens with two attached hydrogens (primary N) is 1. The van der Waals surface area contributed by atoms with Gasteiger partial charge in [-0.1, -0.05) is 0 Å². The minimum Gasteiger partial charge on any atom is -0.401 e. The molecule has 0 bridgehead atoms. The molecular weight excluding hydrogens is 292 g/mol. The van der Waals surface area contributed by atoms with Crippen molar-refractivity contribution in [3.63, 3.8) is 0 Å². The highest BCUT2D eigenvalue weighted by Gasteiger charge is 2.18. The first-order chi connectivity index (χ1) is 9.38. The fourth-order valence-electron chi connectivity index (χ4n) is 1.60. The minimum absolute atomic E-state index is 0.375. The Bertz CT molecular complexity index is 650. The molecule has 1 aromatic rings. The van der Waals surface area contributed by atoms with Crippen LogP contribution in [0.15, 0.2) is 33.0 Å². The first kappa shape index (κ1) is 14.6. The molecule has 0 saturated heterocycles. The van der Waals surface area contributed by atoms with Gasteiger partial charge in [0.05, 0.1) is 0 Å². The summed E-state index contributed by atoms with van der Waals surface area (Å²) in [4.78, 5) is 0. The number of hydrogen-bond acceptors (Lipinski definition) is 5. The highest BCUT2D eigenvalue weighted by molar-refractivity contribution is 7.90. The van der Waals surface area contributed by atoms with Crippen LogP contribution in [0.25, 0.3) is 0 Å². The molecule has 0 spiro atoms. The van der Waals surface area contributed by atoms with Crippen LogP contribution in [0.2, 0.25) is 0 Å². The Balaban J connectivity index is 2.16. The van der Waals surface area contributed by atoms with Gasteiger partial charge in [0.1, 0.15) is 6.54 Å². The Labute approximate surface area is 114 Å². The lowest BCUT2D eigenvalue weighted by Crippen LogP contribution is -2.11. The third-order valence-electron chi connectivity index (χ3n) is 2.60. The second-order valence-corrected chi connectivity index (χ2v) is 5.71. The van der Waals surface area contributed by atoms with Gasteiger partial charge in [-0.15, -0.1) is 0 Å². The van der Waals surface area contributed by atoms with Gasteiger partial charge < -0.3 is 11.1 Å². The summed E-state index contributed by atoms with van der Waals surface area (Å²) >= 11 is 0. The summed E-state index contributed by atoms with van der Waals surface area (Å²) in [7, 11) is -4.01. The van der Waals surface area contributed by atoms with E-state index < -0.39 is 23.0 Å². The maximum Gasteiger partial charge on any atom is 0.301 e. The van der Waals surface area contributed by atoms with Crippen LogP contribution in [0.4, 0.5) is 8.78 Å². The topological polar surface area (TPSA) is 102 Å². The molecule has 1 aromatic heterocycles. The van der Waals surface area contributed by atoms with E-state index >= 15 is 0 Å². The lowest BCUT2D eigenvalue weighted by atomic mass is 10.3. The minimum atomic E-state index is -4.01. The smallest absolute Gasteiger partial charge is 0.301 e. The summed E-state index contributed by atoms with van der Waals surface area (Å²) in [5, 5.41) is 6.12. The highest BCUT2D eigenvalue weighted by Crippen LogP contribution is 2.11. The average molecular weight is 305 g/mol. The van der Waals surface area contributed by atoms with E-state index in [2.05, 4.69) is 14.8 Å². The van der Waals surface area contributed by atoms with E-state index in [0.717, 1.165) is 17.0 Å². The van der Waals surface area contributed by atoms with E-state index in [1.807, 2.05) is 0 Å². The van der Waals surface area contributed by atoms with E-state index in [1.54, 1.807) is 0 Å². The molecule has 0 atom stereocenters. The van der Waals surface area contributed by atoms with Crippen LogP contribution in [0.1, 0.15) is 0 Å². The van der Waals surface area contributed by atoms with Gasteiger partial charge in [-0.25, -0.2) is 8.78 Å². The van der Waals surface area contributed by atoms with E-state index in [9.17, 15) is 17.2 Å². The van der Waals surface area contributed by atoms with E-state index in [1.165, 1.54) is 6.20 Å². The number of hydrogen-bond donors (Lipinski definition) is 2. The number of alkyl halides is 2. The Hall–Kier alpha value is -1.81. The molecule has 0 aromatic carbocycles. The van der Waals surface area contributed by atoms with Crippen LogP contribution in [0.5, 0.6) is 0 Å². The Morgan fingerprint density at radius 2 is 2.30 bits per heavy atom. The molecule has 3 N–H and O–H groups in total. The maximum atomic E-state index is 12.2. The van der Waals surface area contributed by atoms with Crippen molar-refractivity contribution in [1.82, 2.24) is 15.1 Å². The van der Waals surface area contributed by atoms with E-state index in [0.29, 0.717) is 24.4 Å². The van der Waals surface area contributed by atoms with Crippen molar-refractivity contribution in [2.45, 2.75) is 18.0 Å². The Morgan fingerprint density at radius 1 is 1.55 bits per heavy atom. The summed E-state index contributed by atoms with van der Waals surface area (Å²) in [6, 6.07) is 1.12. The molecule has 0 unspecified atom stereocenters. The van der Waals surface area contributed by atoms with Crippen molar-refractivity contribution in [2.75, 3.05) is 13.1 Å². The van der Waals surface area contributed by atoms with Crippen molar-refractivity contribution < 1.29 is 17.2 Å². The molecule has 1 aliphatic heterocycles. The van der Waals surface area contributed by atoms with E-state index in [4.69, 9.17) is 5.73 Å². The van der Waals surface area contributed by atoms with Crippen LogP contribution in [0, 0.1) is 0 Å². The average Bonchev–Trinajstić information content (AvgIpc) is 2.95. The fourth-order valence-corrected chi connectivity index (χ4v) is 2.41. The normalized spacial score (nSPS) is 16.8. The SMILES string of the molecule is NC1=C(C=NS(=O)(=O)c2ccn(CC(F)F)n2)CNC1. The summed E-state index contributed by atoms with van der Waals surface area (Å²) < 4.78 is 52.3. The number of halogens is 2. The zero-order valence-corrected chi connectivity index (χ0v) is 11.1. The van der Waals surface area contributed by atoms with Gasteiger partial charge in [0, 0.05) is 36.8 Å². The van der Waals surface area contributed by atoms with Crippen LogP contribution in [-0.2, 0) is 16.6 Å². The molecule has 0 amide bonds. The number of aromatic nitrogens is 2. The summed E-state index contributed by atoms with van der Waals surface area (Å²) in [6.45, 7) is 0.246. The maximum absolute atomic E-state index is 12.2. The van der Waals surface area contributed by atoms with Gasteiger partial charge in [0.25, 0.3) is 6.43 Å². The molecule has 0 aliphatic carbocycles. The van der Waals surface area contributed by atoms with Crippen LogP contribution < -0.4 is 11.1 Å². The summed E-state index contributed by atoms with van der Waals surface area (Å²) in [6.07, 6.45) is -0.292. The van der Waals surface area contributed by atoms with Gasteiger partial charge in [0.2, 0.25) is 0 Å². The first-order valence-electron chi connectivity index (χ1n) is 5.68. The standard InChI is InChI=1S/C10H13F2N5O2S/c11-9(12)6-17-2-1-10(16-17)20(18,19)15-4-7-3-14-5-8(7)13/h1-2,4,9,14H,3,5-6,13H2. The predicted octanol–water partition coefficient (Wildman–Crippen LogP) is -0.276. The Kier molecular flexibility index (Phi) is 4.14. The molecule has 1 aliphatic rings. The molecule has 2 heterocycles. The second kappa shape index (κ2) is 5.67. The largest absolute Gasteiger partial charge is 0.401 e. The molecule has 0 saturated carbocycles. The predicted molar refractivity (Wildman–Crippen MR) is 68.0 cm³/mol. The zero-order valence-electron chi connectivity index (χ0n) is 10.3. The molecule has 7 nitrogen and oxygen atoms in total. The fraction of sp³-hybridized carbons (Fsp3) is 0.400. The number of nitrogens with zero attached hydrogens (tertiary/aromatic N) is 3. The third kappa shape index (κ3) is 3.39. The first-order valence-corrected chi connectivity index (χ1v) is 7.12. The van der Waals surface area contributed by atoms with Gasteiger partial charge in [0.15, 0.2) is 5.03 Å². The molecule has 10 heteroatoms. The van der Waals surface area contributed by atoms with Crippen LogP contribution in [0.3, 0.4) is 0 Å². The molecular formula is C10H13F2N5O2S. The van der Waals surface area contributed by atoms with Crippen molar-refractivity contribution in [1.29, 1.82) is 0 Å². The van der Waals surface area contributed by atoms with Crippen molar-refractivity contribution in [3.8, 4) is 0 Å². The lowest BCUT2D eigenvalue weighted by molar-refractivity contribution is 0.121. The molecule has 0 fully saturated rings. The monoisotopic (exact) mass is 305 g/mol. The third-order valence-corrected chi connectivity index (χ3v) is 3.73. The van der Waals surface area contributed by atoms with Crippen molar-refractivity contribution in [3.05, 3.63) is 23.5 Å². The van der Waals surface area contributed by atoms with Gasteiger partial charge in [-0.2, -0.15) is 17.9 Å². The zero-order chi connectivity index (χ0) is 14.8. The molecule has 2 rings (SSSR count). The molecule has 20 heavy (non-hydrogen) atoms. The quantitative estimate of drug-likeness (QED) is 0.729.